The molecule has 0 amide bonds. The van der Waals surface area contributed by atoms with Crippen molar-refractivity contribution in [2.24, 2.45) is 0 Å². The molecule has 2 aromatic carbocycles. The molecule has 24 heavy (non-hydrogen) atoms. The summed E-state index contributed by atoms with van der Waals surface area (Å²) in [5, 5.41) is 0. The zero-order chi connectivity index (χ0) is 17.3. The third-order valence-electron chi connectivity index (χ3n) is 3.77. The molecule has 1 atom stereocenters. The zero-order valence-corrected chi connectivity index (χ0v) is 15.6. The van der Waals surface area contributed by atoms with Crippen molar-refractivity contribution in [3.05, 3.63) is 70.2 Å². The second-order valence-electron chi connectivity index (χ2n) is 5.45. The summed E-state index contributed by atoms with van der Waals surface area (Å²) in [6, 6.07) is 14.7. The minimum absolute atomic E-state index is 0.423. The summed E-state index contributed by atoms with van der Waals surface area (Å²) in [7, 11) is -1.86. The molecule has 0 spiro atoms. The number of nitrogens with zero attached hydrogens (tertiary/aromatic N) is 1. The van der Waals surface area contributed by atoms with Crippen LogP contribution in [0.2, 0.25) is 0 Å². The van der Waals surface area contributed by atoms with Gasteiger partial charge in [0, 0.05) is 10.0 Å². The summed E-state index contributed by atoms with van der Waals surface area (Å²) in [6.07, 6.45) is 3.08. The summed E-state index contributed by atoms with van der Waals surface area (Å²) in [4.78, 5) is 0. The van der Waals surface area contributed by atoms with E-state index in [2.05, 4.69) is 21.4 Å². The Hall–Kier alpha value is -1.83. The van der Waals surface area contributed by atoms with Gasteiger partial charge in [-0.15, -0.1) is 4.41 Å². The standard InChI is InChI=1S/C17H17BrN2O3S/c1-23-17-6-4-3-5-14(17)15-11-16(20(19-15)24(2,21)22)12-7-9-13(18)10-8-12/h3-11,16,19H,1-2H3/t16-/m1/s1. The lowest BCUT2D eigenvalue weighted by atomic mass is 10.1. The molecule has 0 saturated heterocycles. The van der Waals surface area contributed by atoms with Crippen molar-refractivity contribution < 1.29 is 13.2 Å². The van der Waals surface area contributed by atoms with Crippen LogP contribution in [-0.2, 0) is 10.0 Å². The molecule has 1 heterocycles. The van der Waals surface area contributed by atoms with Gasteiger partial charge in [0.25, 0.3) is 0 Å². The number of hydrazine groups is 1. The van der Waals surface area contributed by atoms with Crippen LogP contribution in [0.3, 0.4) is 0 Å². The van der Waals surface area contributed by atoms with E-state index in [1.165, 1.54) is 10.7 Å². The van der Waals surface area contributed by atoms with Gasteiger partial charge in [-0.1, -0.05) is 40.2 Å². The molecule has 1 aliphatic rings. The number of methoxy groups -OCH3 is 1. The van der Waals surface area contributed by atoms with Crippen LogP contribution in [0.15, 0.2) is 59.1 Å². The average molecular weight is 409 g/mol. The van der Waals surface area contributed by atoms with E-state index in [0.717, 1.165) is 15.6 Å². The van der Waals surface area contributed by atoms with Gasteiger partial charge in [0.15, 0.2) is 0 Å². The largest absolute Gasteiger partial charge is 0.496 e. The predicted octanol–water partition coefficient (Wildman–Crippen LogP) is 3.32. The van der Waals surface area contributed by atoms with E-state index < -0.39 is 16.1 Å². The average Bonchev–Trinajstić information content (AvgIpc) is 3.01. The van der Waals surface area contributed by atoms with Gasteiger partial charge in [0.1, 0.15) is 5.75 Å². The van der Waals surface area contributed by atoms with Crippen LogP contribution in [-0.4, -0.2) is 26.2 Å². The van der Waals surface area contributed by atoms with E-state index in [9.17, 15) is 8.42 Å². The number of halogens is 1. The first-order valence-corrected chi connectivity index (χ1v) is 9.91. The van der Waals surface area contributed by atoms with Crippen LogP contribution in [0.5, 0.6) is 5.75 Å². The molecule has 126 valence electrons. The molecule has 2 aromatic rings. The Morgan fingerprint density at radius 1 is 1.12 bits per heavy atom. The van der Waals surface area contributed by atoms with Gasteiger partial charge in [-0.25, -0.2) is 8.42 Å². The van der Waals surface area contributed by atoms with E-state index in [0.29, 0.717) is 11.4 Å². The van der Waals surface area contributed by atoms with Crippen molar-refractivity contribution in [3.63, 3.8) is 0 Å². The van der Waals surface area contributed by atoms with Crippen molar-refractivity contribution in [1.82, 2.24) is 9.84 Å². The van der Waals surface area contributed by atoms with Crippen LogP contribution in [0.25, 0.3) is 5.70 Å². The maximum Gasteiger partial charge on any atom is 0.228 e. The highest BCUT2D eigenvalue weighted by atomic mass is 79.9. The van der Waals surface area contributed by atoms with E-state index in [1.807, 2.05) is 54.6 Å². The van der Waals surface area contributed by atoms with Crippen LogP contribution >= 0.6 is 15.9 Å². The van der Waals surface area contributed by atoms with Crippen molar-refractivity contribution in [3.8, 4) is 5.75 Å². The molecule has 0 fully saturated rings. The van der Waals surface area contributed by atoms with Crippen molar-refractivity contribution >= 4 is 31.7 Å². The minimum atomic E-state index is -3.45. The number of ether oxygens (including phenoxy) is 1. The SMILES string of the molecule is COc1ccccc1C1=C[C@H](c2ccc(Br)cc2)N(S(C)(=O)=O)N1. The Morgan fingerprint density at radius 3 is 2.42 bits per heavy atom. The van der Waals surface area contributed by atoms with Crippen LogP contribution < -0.4 is 10.2 Å². The Bertz CT molecular complexity index is 879. The summed E-state index contributed by atoms with van der Waals surface area (Å²) >= 11 is 3.40. The topological polar surface area (TPSA) is 58.6 Å². The normalized spacial score (nSPS) is 18.1. The van der Waals surface area contributed by atoms with Gasteiger partial charge in [-0.2, -0.15) is 0 Å². The van der Waals surface area contributed by atoms with E-state index in [4.69, 9.17) is 4.74 Å². The van der Waals surface area contributed by atoms with Gasteiger partial charge in [-0.05, 0) is 35.9 Å². The number of para-hydroxylation sites is 1. The fourth-order valence-corrected chi connectivity index (χ4v) is 3.77. The molecule has 1 aliphatic heterocycles. The molecule has 1 N–H and O–H groups in total. The second kappa shape index (κ2) is 6.58. The lowest BCUT2D eigenvalue weighted by Crippen LogP contribution is -2.38. The van der Waals surface area contributed by atoms with Gasteiger partial charge in [0.05, 0.1) is 25.1 Å². The molecule has 5 nitrogen and oxygen atoms in total. The number of nitrogens with one attached hydrogen (secondary N) is 1. The smallest absolute Gasteiger partial charge is 0.228 e. The maximum absolute atomic E-state index is 12.2. The lowest BCUT2D eigenvalue weighted by Gasteiger charge is -2.23. The number of hydrogen-bond donors (Lipinski definition) is 1. The Balaban J connectivity index is 2.06. The molecule has 0 unspecified atom stereocenters. The van der Waals surface area contributed by atoms with E-state index >= 15 is 0 Å². The fourth-order valence-electron chi connectivity index (χ4n) is 2.65. The minimum Gasteiger partial charge on any atom is -0.496 e. The molecule has 0 bridgehead atoms. The first kappa shape index (κ1) is 17.0. The zero-order valence-electron chi connectivity index (χ0n) is 13.2. The van der Waals surface area contributed by atoms with Gasteiger partial charge in [0.2, 0.25) is 10.0 Å². The molecule has 0 aromatic heterocycles. The van der Waals surface area contributed by atoms with E-state index in [1.54, 1.807) is 7.11 Å². The molecule has 0 aliphatic carbocycles. The lowest BCUT2D eigenvalue weighted by molar-refractivity contribution is 0.350. The van der Waals surface area contributed by atoms with Gasteiger partial charge < -0.3 is 10.2 Å². The molecule has 0 radical (unpaired) electrons. The number of sulfonamides is 1. The predicted molar refractivity (Wildman–Crippen MR) is 97.7 cm³/mol. The number of hydrogen-bond acceptors (Lipinski definition) is 4. The monoisotopic (exact) mass is 408 g/mol. The van der Waals surface area contributed by atoms with Crippen LogP contribution in [0, 0.1) is 0 Å². The summed E-state index contributed by atoms with van der Waals surface area (Å²) < 4.78 is 32.0. The molecule has 0 saturated carbocycles. The molecular weight excluding hydrogens is 392 g/mol. The third kappa shape index (κ3) is 3.33. The van der Waals surface area contributed by atoms with E-state index in [-0.39, 0.29) is 0 Å². The van der Waals surface area contributed by atoms with Crippen molar-refractivity contribution in [2.45, 2.75) is 6.04 Å². The highest BCUT2D eigenvalue weighted by Crippen LogP contribution is 2.36. The van der Waals surface area contributed by atoms with Crippen LogP contribution in [0.4, 0.5) is 0 Å². The molecule has 3 rings (SSSR count). The van der Waals surface area contributed by atoms with Crippen molar-refractivity contribution in [1.29, 1.82) is 0 Å². The van der Waals surface area contributed by atoms with Gasteiger partial charge in [-0.3, -0.25) is 0 Å². The Labute approximate surface area is 150 Å². The number of benzene rings is 2. The first-order valence-electron chi connectivity index (χ1n) is 7.27. The summed E-state index contributed by atoms with van der Waals surface area (Å²) in [5.74, 6) is 0.682. The quantitative estimate of drug-likeness (QED) is 0.842. The third-order valence-corrected chi connectivity index (χ3v) is 5.34. The summed E-state index contributed by atoms with van der Waals surface area (Å²) in [6.45, 7) is 0. The van der Waals surface area contributed by atoms with Crippen molar-refractivity contribution in [2.75, 3.05) is 13.4 Å². The second-order valence-corrected chi connectivity index (χ2v) is 8.22. The van der Waals surface area contributed by atoms with Crippen LogP contribution in [0.1, 0.15) is 17.2 Å². The summed E-state index contributed by atoms with van der Waals surface area (Å²) in [5.41, 5.74) is 5.39. The number of rotatable bonds is 4. The van der Waals surface area contributed by atoms with Gasteiger partial charge >= 0.3 is 0 Å². The first-order chi connectivity index (χ1) is 11.4. The maximum atomic E-state index is 12.2. The molecular formula is C17H17BrN2O3S. The highest BCUT2D eigenvalue weighted by Gasteiger charge is 2.33. The molecule has 7 heteroatoms. The Morgan fingerprint density at radius 2 is 1.79 bits per heavy atom. The highest BCUT2D eigenvalue weighted by molar-refractivity contribution is 9.10. The fraction of sp³-hybridized carbons (Fsp3) is 0.176. The Kier molecular flexibility index (Phi) is 4.67.